The van der Waals surface area contributed by atoms with Crippen LogP contribution in [0, 0.1) is 5.92 Å². The van der Waals surface area contributed by atoms with Gasteiger partial charge in [0.25, 0.3) is 10.2 Å². The molecule has 2 heterocycles. The van der Waals surface area contributed by atoms with Crippen LogP contribution in [0.3, 0.4) is 0 Å². The minimum Gasteiger partial charge on any atom is -0.327 e. The average Bonchev–Trinajstić information content (AvgIpc) is 3.34. The number of hydrogen-bond acceptors (Lipinski definition) is 3. The first-order valence-electron chi connectivity index (χ1n) is 11.5. The molecule has 2 fully saturated rings. The van der Waals surface area contributed by atoms with Gasteiger partial charge in [-0.15, -0.1) is 0 Å². The first-order valence-corrected chi connectivity index (χ1v) is 12.9. The quantitative estimate of drug-likeness (QED) is 0.688. The van der Waals surface area contributed by atoms with Crippen molar-refractivity contribution in [2.45, 2.75) is 83.2 Å². The molecule has 178 valence electrons. The summed E-state index contributed by atoms with van der Waals surface area (Å²) in [4.78, 5) is 4.95. The van der Waals surface area contributed by atoms with Gasteiger partial charge in [-0.1, -0.05) is 26.8 Å². The first-order chi connectivity index (χ1) is 14.9. The summed E-state index contributed by atoms with van der Waals surface area (Å²) in [6, 6.07) is 5.81. The van der Waals surface area contributed by atoms with Crippen LogP contribution in [0.25, 0.3) is 11.0 Å². The number of rotatable bonds is 5. The molecule has 4 rings (SSSR count). The molecule has 0 radical (unpaired) electrons. The minimum atomic E-state index is -3.51. The fourth-order valence-corrected chi connectivity index (χ4v) is 6.30. The summed E-state index contributed by atoms with van der Waals surface area (Å²) in [5.41, 5.74) is 2.56. The van der Waals surface area contributed by atoms with Gasteiger partial charge in [0.1, 0.15) is 5.82 Å². The molecule has 1 saturated carbocycles. The Kier molecular flexibility index (Phi) is 6.13. The van der Waals surface area contributed by atoms with Crippen LogP contribution in [0.2, 0.25) is 0 Å². The van der Waals surface area contributed by atoms with Crippen molar-refractivity contribution >= 4 is 21.2 Å². The molecular formula is C23H34F2N4O2S. The van der Waals surface area contributed by atoms with Crippen molar-refractivity contribution in [3.05, 3.63) is 29.6 Å². The van der Waals surface area contributed by atoms with Crippen LogP contribution < -0.4 is 4.72 Å². The van der Waals surface area contributed by atoms with E-state index in [1.807, 2.05) is 18.2 Å². The largest absolute Gasteiger partial charge is 0.327 e. The van der Waals surface area contributed by atoms with Crippen molar-refractivity contribution in [2.75, 3.05) is 13.6 Å². The molecule has 2 aromatic rings. The molecule has 0 amide bonds. The highest BCUT2D eigenvalue weighted by Crippen LogP contribution is 2.39. The van der Waals surface area contributed by atoms with E-state index >= 15 is 0 Å². The van der Waals surface area contributed by atoms with Crippen LogP contribution in [-0.4, -0.2) is 41.8 Å². The van der Waals surface area contributed by atoms with E-state index in [2.05, 4.69) is 30.1 Å². The summed E-state index contributed by atoms with van der Waals surface area (Å²) in [7, 11) is -2.07. The Morgan fingerprint density at radius 2 is 1.88 bits per heavy atom. The van der Waals surface area contributed by atoms with Crippen LogP contribution in [0.4, 0.5) is 8.78 Å². The zero-order chi connectivity index (χ0) is 23.3. The second-order valence-corrected chi connectivity index (χ2v) is 12.1. The lowest BCUT2D eigenvalue weighted by molar-refractivity contribution is -0.0473. The summed E-state index contributed by atoms with van der Waals surface area (Å²) in [6.45, 7) is 7.51. The molecule has 1 atom stereocenters. The highest BCUT2D eigenvalue weighted by Gasteiger charge is 2.37. The third-order valence-corrected chi connectivity index (χ3v) is 8.45. The van der Waals surface area contributed by atoms with Crippen LogP contribution >= 0.6 is 0 Å². The van der Waals surface area contributed by atoms with Gasteiger partial charge in [0.15, 0.2) is 0 Å². The molecule has 1 N–H and O–H groups in total. The van der Waals surface area contributed by atoms with Crippen LogP contribution in [0.15, 0.2) is 18.2 Å². The molecule has 2 aliphatic rings. The fourth-order valence-electron chi connectivity index (χ4n) is 5.13. The standard InChI is InChI=1S/C23H34F2N4O2S/c1-22(2,3)21-27-18-14-17(19-6-5-13-29(19)32(30,31)26-4)7-8-20(18)28(21)15-16-9-11-23(24,25)12-10-16/h7-8,14,16,19,26H,5-6,9-13,15H2,1-4H3. The van der Waals surface area contributed by atoms with Gasteiger partial charge >= 0.3 is 0 Å². The van der Waals surface area contributed by atoms with Crippen molar-refractivity contribution < 1.29 is 17.2 Å². The highest BCUT2D eigenvalue weighted by atomic mass is 32.2. The van der Waals surface area contributed by atoms with Crippen LogP contribution in [0.5, 0.6) is 0 Å². The van der Waals surface area contributed by atoms with Gasteiger partial charge in [-0.05, 0) is 49.3 Å². The van der Waals surface area contributed by atoms with Gasteiger partial charge in [-0.25, -0.2) is 18.5 Å². The predicted molar refractivity (Wildman–Crippen MR) is 122 cm³/mol. The van der Waals surface area contributed by atoms with Crippen molar-refractivity contribution in [1.29, 1.82) is 0 Å². The Hall–Kier alpha value is -1.58. The lowest BCUT2D eigenvalue weighted by atomic mass is 9.86. The summed E-state index contributed by atoms with van der Waals surface area (Å²) >= 11 is 0. The third kappa shape index (κ3) is 4.56. The summed E-state index contributed by atoms with van der Waals surface area (Å²) in [5.74, 6) is -1.39. The summed E-state index contributed by atoms with van der Waals surface area (Å²) in [6.07, 6.45) is 2.54. The summed E-state index contributed by atoms with van der Waals surface area (Å²) in [5, 5.41) is 0. The van der Waals surface area contributed by atoms with E-state index in [0.717, 1.165) is 35.3 Å². The van der Waals surface area contributed by atoms with Gasteiger partial charge in [0, 0.05) is 38.4 Å². The zero-order valence-corrected chi connectivity index (χ0v) is 20.2. The second-order valence-electron chi connectivity index (χ2n) is 10.3. The van der Waals surface area contributed by atoms with E-state index in [1.54, 1.807) is 0 Å². The van der Waals surface area contributed by atoms with Crippen LogP contribution in [0.1, 0.15) is 76.7 Å². The number of fused-ring (bicyclic) bond motifs is 1. The Balaban J connectivity index is 1.69. The molecule has 1 unspecified atom stereocenters. The number of halogens is 2. The molecular weight excluding hydrogens is 434 g/mol. The Morgan fingerprint density at radius 3 is 2.50 bits per heavy atom. The monoisotopic (exact) mass is 468 g/mol. The normalized spacial score (nSPS) is 23.2. The van der Waals surface area contributed by atoms with Crippen molar-refractivity contribution in [2.24, 2.45) is 5.92 Å². The molecule has 0 spiro atoms. The Morgan fingerprint density at radius 1 is 1.19 bits per heavy atom. The first kappa shape index (κ1) is 23.6. The van der Waals surface area contributed by atoms with E-state index in [9.17, 15) is 17.2 Å². The molecule has 1 aromatic heterocycles. The molecule has 32 heavy (non-hydrogen) atoms. The van der Waals surface area contributed by atoms with E-state index in [1.165, 1.54) is 11.4 Å². The third-order valence-electron chi connectivity index (χ3n) is 6.88. The average molecular weight is 469 g/mol. The molecule has 9 heteroatoms. The van der Waals surface area contributed by atoms with Gasteiger partial charge < -0.3 is 4.57 Å². The minimum absolute atomic E-state index is 0.0449. The fraction of sp³-hybridized carbons (Fsp3) is 0.696. The number of nitrogens with zero attached hydrogens (tertiary/aromatic N) is 3. The van der Waals surface area contributed by atoms with Gasteiger partial charge in [0.05, 0.1) is 17.1 Å². The second kappa shape index (κ2) is 8.33. The van der Waals surface area contributed by atoms with Gasteiger partial charge in [0.2, 0.25) is 5.92 Å². The number of hydrogen-bond donors (Lipinski definition) is 1. The predicted octanol–water partition coefficient (Wildman–Crippen LogP) is 4.76. The molecule has 6 nitrogen and oxygen atoms in total. The molecule has 1 aromatic carbocycles. The maximum absolute atomic E-state index is 13.6. The SMILES string of the molecule is CNS(=O)(=O)N1CCCC1c1ccc2c(c1)nc(C(C)(C)C)n2CC1CCC(F)(F)CC1. The molecule has 1 saturated heterocycles. The van der Waals surface area contributed by atoms with Crippen molar-refractivity contribution in [3.8, 4) is 0 Å². The zero-order valence-electron chi connectivity index (χ0n) is 19.4. The van der Waals surface area contributed by atoms with Crippen molar-refractivity contribution in [1.82, 2.24) is 18.6 Å². The van der Waals surface area contributed by atoms with E-state index < -0.39 is 16.1 Å². The van der Waals surface area contributed by atoms with E-state index in [-0.39, 0.29) is 30.2 Å². The molecule has 0 bridgehead atoms. The van der Waals surface area contributed by atoms with Crippen molar-refractivity contribution in [3.63, 3.8) is 0 Å². The number of benzene rings is 1. The van der Waals surface area contributed by atoms with Gasteiger partial charge in [-0.3, -0.25) is 0 Å². The Bertz CT molecular complexity index is 1080. The number of aromatic nitrogens is 2. The lowest BCUT2D eigenvalue weighted by Gasteiger charge is -2.30. The number of imidazole rings is 1. The number of nitrogens with one attached hydrogen (secondary N) is 1. The van der Waals surface area contributed by atoms with Gasteiger partial charge in [-0.2, -0.15) is 12.7 Å². The Labute approximate surface area is 189 Å². The topological polar surface area (TPSA) is 67.2 Å². The van der Waals surface area contributed by atoms with E-state index in [0.29, 0.717) is 25.9 Å². The highest BCUT2D eigenvalue weighted by molar-refractivity contribution is 7.87. The maximum Gasteiger partial charge on any atom is 0.279 e. The van der Waals surface area contributed by atoms with E-state index in [4.69, 9.17) is 4.98 Å². The summed E-state index contributed by atoms with van der Waals surface area (Å²) < 4.78 is 58.3. The molecule has 1 aliphatic carbocycles. The maximum atomic E-state index is 13.6. The smallest absolute Gasteiger partial charge is 0.279 e. The molecule has 1 aliphatic heterocycles. The number of alkyl halides is 2. The lowest BCUT2D eigenvalue weighted by Crippen LogP contribution is -2.38. The van der Waals surface area contributed by atoms with Crippen LogP contribution in [-0.2, 0) is 22.2 Å².